The summed E-state index contributed by atoms with van der Waals surface area (Å²) >= 11 is 0. The molecule has 0 saturated heterocycles. The van der Waals surface area contributed by atoms with Crippen LogP contribution in [-0.4, -0.2) is 23.0 Å². The van der Waals surface area contributed by atoms with Crippen molar-refractivity contribution in [2.24, 2.45) is 11.7 Å². The molecule has 13 heavy (non-hydrogen) atoms. The average Bonchev–Trinajstić information content (AvgIpc) is 2.17. The Morgan fingerprint density at radius 2 is 2.31 bits per heavy atom. The van der Waals surface area contributed by atoms with Crippen molar-refractivity contribution in [3.8, 4) is 0 Å². The zero-order valence-corrected chi connectivity index (χ0v) is 7.73. The fourth-order valence-corrected chi connectivity index (χ4v) is 1.47. The van der Waals surface area contributed by atoms with Crippen molar-refractivity contribution in [2.75, 3.05) is 6.54 Å². The Morgan fingerprint density at radius 3 is 2.85 bits per heavy atom. The number of Topliss-reactive ketones (excluding diaryl/α,β-unsaturated/α-hetero) is 1. The van der Waals surface area contributed by atoms with Gasteiger partial charge in [0.1, 0.15) is 11.4 Å². The SMILES string of the molecule is CCC(=O)C1C=CC=CC1(O)CN. The van der Waals surface area contributed by atoms with Gasteiger partial charge in [0.25, 0.3) is 0 Å². The van der Waals surface area contributed by atoms with E-state index in [1.807, 2.05) is 0 Å². The van der Waals surface area contributed by atoms with E-state index in [4.69, 9.17) is 5.73 Å². The lowest BCUT2D eigenvalue weighted by Gasteiger charge is -2.31. The van der Waals surface area contributed by atoms with Gasteiger partial charge in [-0.25, -0.2) is 0 Å². The van der Waals surface area contributed by atoms with Gasteiger partial charge in [-0.1, -0.05) is 31.2 Å². The van der Waals surface area contributed by atoms with E-state index in [2.05, 4.69) is 0 Å². The number of aliphatic hydroxyl groups is 1. The summed E-state index contributed by atoms with van der Waals surface area (Å²) in [6.07, 6.45) is 7.20. The van der Waals surface area contributed by atoms with Crippen molar-refractivity contribution in [1.82, 2.24) is 0 Å². The van der Waals surface area contributed by atoms with E-state index >= 15 is 0 Å². The van der Waals surface area contributed by atoms with Crippen LogP contribution in [0.3, 0.4) is 0 Å². The number of nitrogens with two attached hydrogens (primary N) is 1. The molecule has 0 aromatic rings. The molecule has 0 saturated carbocycles. The number of carbonyl (C=O) groups is 1. The van der Waals surface area contributed by atoms with E-state index in [0.717, 1.165) is 0 Å². The first-order valence-corrected chi connectivity index (χ1v) is 4.45. The number of ketones is 1. The van der Waals surface area contributed by atoms with Crippen molar-refractivity contribution in [2.45, 2.75) is 18.9 Å². The standard InChI is InChI=1S/C10H15NO2/c1-2-9(12)8-5-3-4-6-10(8,13)7-11/h3-6,8,13H,2,7,11H2,1H3. The third kappa shape index (κ3) is 1.87. The van der Waals surface area contributed by atoms with Crippen LogP contribution in [0.15, 0.2) is 24.3 Å². The van der Waals surface area contributed by atoms with Crippen LogP contribution >= 0.6 is 0 Å². The van der Waals surface area contributed by atoms with Crippen molar-refractivity contribution in [3.05, 3.63) is 24.3 Å². The predicted molar refractivity (Wildman–Crippen MR) is 51.1 cm³/mol. The summed E-state index contributed by atoms with van der Waals surface area (Å²) in [4.78, 5) is 11.4. The molecule has 0 aromatic carbocycles. The molecule has 0 fully saturated rings. The van der Waals surface area contributed by atoms with E-state index in [9.17, 15) is 9.90 Å². The lowest BCUT2D eigenvalue weighted by atomic mass is 9.80. The van der Waals surface area contributed by atoms with Crippen LogP contribution in [0.25, 0.3) is 0 Å². The lowest BCUT2D eigenvalue weighted by Crippen LogP contribution is -2.46. The van der Waals surface area contributed by atoms with Crippen molar-refractivity contribution in [3.63, 3.8) is 0 Å². The third-order valence-corrected chi connectivity index (χ3v) is 2.36. The Kier molecular flexibility index (Phi) is 3.01. The fraction of sp³-hybridized carbons (Fsp3) is 0.500. The van der Waals surface area contributed by atoms with E-state index in [0.29, 0.717) is 6.42 Å². The number of allylic oxidation sites excluding steroid dienone is 2. The molecule has 0 radical (unpaired) electrons. The summed E-state index contributed by atoms with van der Waals surface area (Å²) in [7, 11) is 0. The summed E-state index contributed by atoms with van der Waals surface area (Å²) in [6.45, 7) is 1.86. The molecule has 0 spiro atoms. The minimum atomic E-state index is -1.18. The Hall–Kier alpha value is -0.930. The smallest absolute Gasteiger partial charge is 0.142 e. The largest absolute Gasteiger partial charge is 0.383 e. The van der Waals surface area contributed by atoms with Crippen LogP contribution < -0.4 is 5.73 Å². The molecule has 1 aliphatic carbocycles. The number of carbonyl (C=O) groups excluding carboxylic acids is 1. The van der Waals surface area contributed by atoms with E-state index in [1.165, 1.54) is 0 Å². The van der Waals surface area contributed by atoms with Crippen molar-refractivity contribution < 1.29 is 9.90 Å². The summed E-state index contributed by atoms with van der Waals surface area (Å²) in [6, 6.07) is 0. The van der Waals surface area contributed by atoms with E-state index in [-0.39, 0.29) is 12.3 Å². The fourth-order valence-electron chi connectivity index (χ4n) is 1.47. The Balaban J connectivity index is 2.88. The zero-order valence-electron chi connectivity index (χ0n) is 7.73. The maximum atomic E-state index is 11.4. The molecule has 0 heterocycles. The molecule has 72 valence electrons. The highest BCUT2D eigenvalue weighted by Crippen LogP contribution is 2.25. The van der Waals surface area contributed by atoms with Crippen LogP contribution in [0.4, 0.5) is 0 Å². The number of rotatable bonds is 3. The van der Waals surface area contributed by atoms with Gasteiger partial charge in [-0.05, 0) is 0 Å². The molecular weight excluding hydrogens is 166 g/mol. The van der Waals surface area contributed by atoms with Gasteiger partial charge in [0.05, 0.1) is 5.92 Å². The van der Waals surface area contributed by atoms with Crippen LogP contribution in [0, 0.1) is 5.92 Å². The lowest BCUT2D eigenvalue weighted by molar-refractivity contribution is -0.126. The molecule has 0 bridgehead atoms. The highest BCUT2D eigenvalue weighted by atomic mass is 16.3. The molecule has 0 aliphatic heterocycles. The molecule has 0 amide bonds. The normalized spacial score (nSPS) is 32.1. The highest BCUT2D eigenvalue weighted by molar-refractivity contribution is 5.84. The summed E-state index contributed by atoms with van der Waals surface area (Å²) in [5.74, 6) is -0.457. The van der Waals surface area contributed by atoms with Crippen LogP contribution in [0.5, 0.6) is 0 Å². The van der Waals surface area contributed by atoms with Gasteiger partial charge >= 0.3 is 0 Å². The average molecular weight is 181 g/mol. The first-order chi connectivity index (χ1) is 6.14. The first-order valence-electron chi connectivity index (χ1n) is 4.45. The Bertz CT molecular complexity index is 258. The molecule has 2 unspecified atom stereocenters. The van der Waals surface area contributed by atoms with E-state index < -0.39 is 11.5 Å². The molecule has 1 rings (SSSR count). The maximum absolute atomic E-state index is 11.4. The zero-order chi connectivity index (χ0) is 9.90. The number of hydrogen-bond acceptors (Lipinski definition) is 3. The second-order valence-electron chi connectivity index (χ2n) is 3.24. The second-order valence-corrected chi connectivity index (χ2v) is 3.24. The minimum absolute atomic E-state index is 0.0218. The number of hydrogen-bond donors (Lipinski definition) is 2. The van der Waals surface area contributed by atoms with Gasteiger partial charge in [-0.3, -0.25) is 4.79 Å². The van der Waals surface area contributed by atoms with Gasteiger partial charge in [0.15, 0.2) is 0 Å². The van der Waals surface area contributed by atoms with E-state index in [1.54, 1.807) is 31.2 Å². The Morgan fingerprint density at radius 1 is 1.62 bits per heavy atom. The maximum Gasteiger partial charge on any atom is 0.142 e. The summed E-state index contributed by atoms with van der Waals surface area (Å²) < 4.78 is 0. The first kappa shape index (κ1) is 10.2. The molecule has 3 N–H and O–H groups in total. The topological polar surface area (TPSA) is 63.3 Å². The quantitative estimate of drug-likeness (QED) is 0.662. The van der Waals surface area contributed by atoms with Gasteiger partial charge < -0.3 is 10.8 Å². The minimum Gasteiger partial charge on any atom is -0.383 e. The summed E-state index contributed by atoms with van der Waals surface area (Å²) in [5, 5.41) is 9.96. The van der Waals surface area contributed by atoms with Gasteiger partial charge in [-0.15, -0.1) is 0 Å². The molecular formula is C10H15NO2. The van der Waals surface area contributed by atoms with Crippen molar-refractivity contribution in [1.29, 1.82) is 0 Å². The van der Waals surface area contributed by atoms with Gasteiger partial charge in [0.2, 0.25) is 0 Å². The van der Waals surface area contributed by atoms with Crippen LogP contribution in [-0.2, 0) is 4.79 Å². The molecule has 3 nitrogen and oxygen atoms in total. The van der Waals surface area contributed by atoms with Crippen LogP contribution in [0.1, 0.15) is 13.3 Å². The third-order valence-electron chi connectivity index (χ3n) is 2.36. The van der Waals surface area contributed by atoms with Gasteiger partial charge in [0, 0.05) is 13.0 Å². The molecule has 1 aliphatic rings. The van der Waals surface area contributed by atoms with Crippen LogP contribution in [0.2, 0.25) is 0 Å². The molecule has 0 aromatic heterocycles. The highest BCUT2D eigenvalue weighted by Gasteiger charge is 2.36. The predicted octanol–water partition coefficient (Wildman–Crippen LogP) is 0.398. The van der Waals surface area contributed by atoms with Crippen molar-refractivity contribution >= 4 is 5.78 Å². The molecule has 2 atom stereocenters. The second kappa shape index (κ2) is 3.85. The Labute approximate surface area is 77.9 Å². The molecule has 3 heteroatoms. The van der Waals surface area contributed by atoms with Gasteiger partial charge in [-0.2, -0.15) is 0 Å². The summed E-state index contributed by atoms with van der Waals surface area (Å²) in [5.41, 5.74) is 4.25. The monoisotopic (exact) mass is 181 g/mol.